The minimum atomic E-state index is -0.439. The number of amides is 1. The van der Waals surface area contributed by atoms with Crippen LogP contribution in [0.15, 0.2) is 57.9 Å². The summed E-state index contributed by atoms with van der Waals surface area (Å²) in [4.78, 5) is 32.1. The molecule has 1 aliphatic heterocycles. The number of nitro benzene ring substituents is 1. The summed E-state index contributed by atoms with van der Waals surface area (Å²) in [6, 6.07) is 13.5. The quantitative estimate of drug-likeness (QED) is 0.290. The van der Waals surface area contributed by atoms with E-state index in [1.165, 1.54) is 23.9 Å². The molecule has 1 aromatic heterocycles. The molecule has 0 atom stereocenters. The predicted molar refractivity (Wildman–Crippen MR) is 120 cm³/mol. The van der Waals surface area contributed by atoms with Crippen molar-refractivity contribution < 1.29 is 14.2 Å². The second-order valence-electron chi connectivity index (χ2n) is 7.22. The van der Waals surface area contributed by atoms with Gasteiger partial charge in [-0.2, -0.15) is 4.98 Å². The molecule has 2 heterocycles. The Balaban J connectivity index is 1.23. The van der Waals surface area contributed by atoms with Crippen LogP contribution < -0.4 is 0 Å². The fraction of sp³-hybridized carbons (Fsp3) is 0.286. The van der Waals surface area contributed by atoms with Crippen LogP contribution in [0.4, 0.5) is 5.69 Å². The smallest absolute Gasteiger partial charge is 0.269 e. The molecule has 32 heavy (non-hydrogen) atoms. The zero-order chi connectivity index (χ0) is 22.5. The highest BCUT2D eigenvalue weighted by Gasteiger charge is 2.23. The highest BCUT2D eigenvalue weighted by Crippen LogP contribution is 2.22. The maximum atomic E-state index is 12.5. The number of rotatable bonds is 7. The molecule has 0 N–H and O–H groups in total. The van der Waals surface area contributed by atoms with Crippen LogP contribution in [-0.4, -0.2) is 62.7 Å². The first-order valence-corrected chi connectivity index (χ1v) is 11.3. The zero-order valence-electron chi connectivity index (χ0n) is 17.0. The summed E-state index contributed by atoms with van der Waals surface area (Å²) < 4.78 is 5.38. The number of non-ortho nitro benzene ring substituents is 1. The first-order valence-electron chi connectivity index (χ1n) is 9.94. The van der Waals surface area contributed by atoms with E-state index < -0.39 is 4.92 Å². The van der Waals surface area contributed by atoms with Crippen LogP contribution in [0.25, 0.3) is 11.4 Å². The number of carbonyl (C=O) groups is 1. The Bertz CT molecular complexity index is 1080. The first kappa shape index (κ1) is 22.3. The molecule has 1 aliphatic rings. The molecule has 2 aromatic carbocycles. The monoisotopic (exact) mass is 473 g/mol. The molecule has 0 radical (unpaired) electrons. The van der Waals surface area contributed by atoms with Gasteiger partial charge in [0.15, 0.2) is 0 Å². The predicted octanol–water partition coefficient (Wildman–Crippen LogP) is 3.73. The minimum Gasteiger partial charge on any atom is -0.339 e. The maximum absolute atomic E-state index is 12.5. The topological polar surface area (TPSA) is 106 Å². The van der Waals surface area contributed by atoms with Crippen molar-refractivity contribution in [2.75, 3.05) is 31.9 Å². The van der Waals surface area contributed by atoms with E-state index in [9.17, 15) is 14.9 Å². The molecule has 11 heteroatoms. The molecule has 1 saturated heterocycles. The minimum absolute atomic E-state index is 0.0401. The number of thioether (sulfide) groups is 1. The Morgan fingerprint density at radius 3 is 2.44 bits per heavy atom. The Morgan fingerprint density at radius 1 is 1.09 bits per heavy atom. The molecule has 4 rings (SSSR count). The SMILES string of the molecule is O=C(CSc1ccc([N+](=O)[O-])cc1)N1CCN(Cc2nc(-c3ccc(Cl)cc3)no2)CC1. The van der Waals surface area contributed by atoms with E-state index in [-0.39, 0.29) is 11.6 Å². The van der Waals surface area contributed by atoms with Crippen molar-refractivity contribution in [1.29, 1.82) is 0 Å². The van der Waals surface area contributed by atoms with E-state index in [2.05, 4.69) is 15.0 Å². The van der Waals surface area contributed by atoms with Gasteiger partial charge < -0.3 is 9.42 Å². The fourth-order valence-corrected chi connectivity index (χ4v) is 4.21. The van der Waals surface area contributed by atoms with E-state index in [0.29, 0.717) is 55.2 Å². The van der Waals surface area contributed by atoms with E-state index in [1.54, 1.807) is 24.3 Å². The molecule has 1 fully saturated rings. The van der Waals surface area contributed by atoms with Crippen LogP contribution in [0.2, 0.25) is 5.02 Å². The second kappa shape index (κ2) is 10.1. The normalized spacial score (nSPS) is 14.5. The average molecular weight is 474 g/mol. The lowest BCUT2D eigenvalue weighted by atomic mass is 10.2. The van der Waals surface area contributed by atoms with Gasteiger partial charge in [-0.15, -0.1) is 11.8 Å². The lowest BCUT2D eigenvalue weighted by Gasteiger charge is -2.33. The van der Waals surface area contributed by atoms with Gasteiger partial charge in [0.25, 0.3) is 5.69 Å². The molecule has 166 valence electrons. The Hall–Kier alpha value is -2.95. The average Bonchev–Trinajstić information content (AvgIpc) is 3.27. The van der Waals surface area contributed by atoms with E-state index >= 15 is 0 Å². The Morgan fingerprint density at radius 2 is 1.78 bits per heavy atom. The maximum Gasteiger partial charge on any atom is 0.269 e. The third kappa shape index (κ3) is 5.64. The van der Waals surface area contributed by atoms with E-state index in [1.807, 2.05) is 17.0 Å². The summed E-state index contributed by atoms with van der Waals surface area (Å²) in [7, 11) is 0. The number of hydrogen-bond acceptors (Lipinski definition) is 8. The van der Waals surface area contributed by atoms with Crippen molar-refractivity contribution >= 4 is 35.0 Å². The number of aromatic nitrogens is 2. The van der Waals surface area contributed by atoms with Crippen molar-refractivity contribution in [3.63, 3.8) is 0 Å². The number of carbonyl (C=O) groups excluding carboxylic acids is 1. The Kier molecular flexibility index (Phi) is 7.03. The zero-order valence-corrected chi connectivity index (χ0v) is 18.6. The van der Waals surface area contributed by atoms with Crippen molar-refractivity contribution in [3.8, 4) is 11.4 Å². The van der Waals surface area contributed by atoms with Crippen LogP contribution in [0.5, 0.6) is 0 Å². The van der Waals surface area contributed by atoms with Gasteiger partial charge >= 0.3 is 0 Å². The lowest BCUT2D eigenvalue weighted by molar-refractivity contribution is -0.384. The first-order chi connectivity index (χ1) is 15.5. The highest BCUT2D eigenvalue weighted by atomic mass is 35.5. The highest BCUT2D eigenvalue weighted by molar-refractivity contribution is 8.00. The third-order valence-corrected chi connectivity index (χ3v) is 6.31. The molecule has 0 spiro atoms. The number of hydrogen-bond donors (Lipinski definition) is 0. The molecule has 0 saturated carbocycles. The van der Waals surface area contributed by atoms with Gasteiger partial charge in [0.1, 0.15) is 0 Å². The molecular formula is C21H20ClN5O4S. The van der Waals surface area contributed by atoms with Crippen molar-refractivity contribution in [2.24, 2.45) is 0 Å². The number of halogens is 1. The van der Waals surface area contributed by atoms with Gasteiger partial charge in [-0.3, -0.25) is 19.8 Å². The second-order valence-corrected chi connectivity index (χ2v) is 8.70. The largest absolute Gasteiger partial charge is 0.339 e. The fourth-order valence-electron chi connectivity index (χ4n) is 3.28. The number of piperazine rings is 1. The van der Waals surface area contributed by atoms with Crippen LogP contribution in [0, 0.1) is 10.1 Å². The van der Waals surface area contributed by atoms with E-state index in [0.717, 1.165) is 10.5 Å². The summed E-state index contributed by atoms with van der Waals surface area (Å²) >= 11 is 7.29. The van der Waals surface area contributed by atoms with Gasteiger partial charge in [0.2, 0.25) is 17.6 Å². The van der Waals surface area contributed by atoms with Gasteiger partial charge in [-0.05, 0) is 36.4 Å². The molecule has 0 unspecified atom stereocenters. The molecule has 9 nitrogen and oxygen atoms in total. The van der Waals surface area contributed by atoms with Gasteiger partial charge in [0.05, 0.1) is 17.2 Å². The third-order valence-electron chi connectivity index (χ3n) is 5.06. The van der Waals surface area contributed by atoms with Crippen LogP contribution in [0.3, 0.4) is 0 Å². The van der Waals surface area contributed by atoms with Crippen LogP contribution in [-0.2, 0) is 11.3 Å². The number of nitro groups is 1. The van der Waals surface area contributed by atoms with Crippen LogP contribution >= 0.6 is 23.4 Å². The summed E-state index contributed by atoms with van der Waals surface area (Å²) in [5.74, 6) is 1.40. The summed E-state index contributed by atoms with van der Waals surface area (Å²) in [5.41, 5.74) is 0.878. The lowest BCUT2D eigenvalue weighted by Crippen LogP contribution is -2.48. The molecule has 0 aliphatic carbocycles. The van der Waals surface area contributed by atoms with Gasteiger partial charge in [-0.25, -0.2) is 0 Å². The number of benzene rings is 2. The van der Waals surface area contributed by atoms with Crippen LogP contribution in [0.1, 0.15) is 5.89 Å². The van der Waals surface area contributed by atoms with Crippen molar-refractivity contribution in [2.45, 2.75) is 11.4 Å². The van der Waals surface area contributed by atoms with E-state index in [4.69, 9.17) is 16.1 Å². The summed E-state index contributed by atoms with van der Waals surface area (Å²) in [5, 5.41) is 15.4. The van der Waals surface area contributed by atoms with Crippen molar-refractivity contribution in [3.05, 3.63) is 69.6 Å². The number of nitrogens with zero attached hydrogens (tertiary/aromatic N) is 5. The molecule has 0 bridgehead atoms. The molecular weight excluding hydrogens is 454 g/mol. The van der Waals surface area contributed by atoms with Crippen molar-refractivity contribution in [1.82, 2.24) is 19.9 Å². The van der Waals surface area contributed by atoms with Gasteiger partial charge in [0, 0.05) is 53.8 Å². The summed E-state index contributed by atoms with van der Waals surface area (Å²) in [6.07, 6.45) is 0. The summed E-state index contributed by atoms with van der Waals surface area (Å²) in [6.45, 7) is 3.20. The Labute approximate surface area is 193 Å². The van der Waals surface area contributed by atoms with Gasteiger partial charge in [-0.1, -0.05) is 16.8 Å². The standard InChI is InChI=1S/C21H20ClN5O4S/c22-16-3-1-15(2-4-16)21-23-19(31-24-21)13-25-9-11-26(12-10-25)20(28)14-32-18-7-5-17(6-8-18)27(29)30/h1-8H,9-14H2. The molecule has 3 aromatic rings. The molecule has 1 amide bonds.